The fourth-order valence-corrected chi connectivity index (χ4v) is 5.06. The van der Waals surface area contributed by atoms with E-state index in [4.69, 9.17) is 0 Å². The second-order valence-corrected chi connectivity index (χ2v) is 7.29. The summed E-state index contributed by atoms with van der Waals surface area (Å²) in [5, 5.41) is 2.26. The highest BCUT2D eigenvalue weighted by atomic mass is 16.2. The Balaban J connectivity index is 1.57. The van der Waals surface area contributed by atoms with Crippen molar-refractivity contribution in [3.05, 3.63) is 60.2 Å². The zero-order chi connectivity index (χ0) is 16.4. The Morgan fingerprint density at radius 2 is 1.54 bits per heavy atom. The number of rotatable bonds is 2. The number of hydrogen-bond donors (Lipinski definition) is 0. The summed E-state index contributed by atoms with van der Waals surface area (Å²) in [5.74, 6) is 0.349. The summed E-state index contributed by atoms with van der Waals surface area (Å²) >= 11 is 0. The van der Waals surface area contributed by atoms with Gasteiger partial charge in [0.05, 0.1) is 17.9 Å². The van der Waals surface area contributed by atoms with Gasteiger partial charge in [-0.1, -0.05) is 54.6 Å². The van der Waals surface area contributed by atoms with Gasteiger partial charge in [0.2, 0.25) is 11.8 Å². The summed E-state index contributed by atoms with van der Waals surface area (Å²) in [5.41, 5.74) is 1.05. The average Bonchev–Trinajstić information content (AvgIpc) is 3.28. The van der Waals surface area contributed by atoms with E-state index >= 15 is 0 Å². The number of amides is 2. The van der Waals surface area contributed by atoms with Crippen LogP contribution >= 0.6 is 0 Å². The molecule has 3 heteroatoms. The highest BCUT2D eigenvalue weighted by Gasteiger charge is 2.60. The van der Waals surface area contributed by atoms with Crippen molar-refractivity contribution in [3.8, 4) is 0 Å². The van der Waals surface area contributed by atoms with E-state index in [9.17, 15) is 9.59 Å². The first-order chi connectivity index (χ1) is 11.7. The predicted octanol–water partition coefficient (Wildman–Crippen LogP) is 3.71. The van der Waals surface area contributed by atoms with Gasteiger partial charge in [-0.25, -0.2) is 0 Å². The lowest BCUT2D eigenvalue weighted by molar-refractivity contribution is -0.143. The van der Waals surface area contributed by atoms with E-state index in [-0.39, 0.29) is 41.5 Å². The number of imide groups is 1. The summed E-state index contributed by atoms with van der Waals surface area (Å²) in [7, 11) is 0. The molecule has 1 saturated carbocycles. The van der Waals surface area contributed by atoms with Crippen molar-refractivity contribution in [3.63, 3.8) is 0 Å². The highest BCUT2D eigenvalue weighted by Crippen LogP contribution is 2.53. The predicted molar refractivity (Wildman–Crippen MR) is 91.9 cm³/mol. The Labute approximate surface area is 141 Å². The topological polar surface area (TPSA) is 37.4 Å². The van der Waals surface area contributed by atoms with Gasteiger partial charge in [-0.2, -0.15) is 0 Å². The quantitative estimate of drug-likeness (QED) is 0.625. The third-order valence-corrected chi connectivity index (χ3v) is 6.17. The number of fused-ring (bicyclic) bond motifs is 6. The first kappa shape index (κ1) is 14.0. The zero-order valence-corrected chi connectivity index (χ0v) is 13.6. The van der Waals surface area contributed by atoms with Crippen LogP contribution in [0.5, 0.6) is 0 Å². The lowest BCUT2D eigenvalue weighted by atomic mass is 9.85. The van der Waals surface area contributed by atoms with Crippen LogP contribution in [0.25, 0.3) is 10.8 Å². The van der Waals surface area contributed by atoms with Crippen LogP contribution in [-0.4, -0.2) is 16.7 Å². The number of nitrogens with zero attached hydrogens (tertiary/aromatic N) is 1. The van der Waals surface area contributed by atoms with Crippen LogP contribution in [0, 0.1) is 23.7 Å². The van der Waals surface area contributed by atoms with Crippen LogP contribution in [0.1, 0.15) is 24.9 Å². The van der Waals surface area contributed by atoms with Gasteiger partial charge in [-0.3, -0.25) is 14.5 Å². The van der Waals surface area contributed by atoms with E-state index in [1.54, 1.807) is 4.90 Å². The SMILES string of the molecule is C[C@@H](c1cccc2ccccc12)N1C(=O)[C@@H]2[C@H](C1=O)[C@@H]1C=C[C@H]2C1. The molecule has 24 heavy (non-hydrogen) atoms. The van der Waals surface area contributed by atoms with Gasteiger partial charge in [0.25, 0.3) is 0 Å². The third-order valence-electron chi connectivity index (χ3n) is 6.17. The van der Waals surface area contributed by atoms with Crippen molar-refractivity contribution >= 4 is 22.6 Å². The molecule has 1 aliphatic heterocycles. The minimum Gasteiger partial charge on any atom is -0.275 e. The minimum atomic E-state index is -0.221. The van der Waals surface area contributed by atoms with Gasteiger partial charge in [-0.15, -0.1) is 0 Å². The Morgan fingerprint density at radius 1 is 0.917 bits per heavy atom. The lowest BCUT2D eigenvalue weighted by Gasteiger charge is -2.26. The molecular formula is C21H19NO2. The number of carbonyl (C=O) groups excluding carboxylic acids is 2. The smallest absolute Gasteiger partial charge is 0.234 e. The molecule has 2 amide bonds. The fraction of sp³-hybridized carbons (Fsp3) is 0.333. The molecule has 0 N–H and O–H groups in total. The molecule has 0 radical (unpaired) electrons. The van der Waals surface area contributed by atoms with Crippen molar-refractivity contribution in [1.29, 1.82) is 0 Å². The van der Waals surface area contributed by atoms with E-state index in [1.807, 2.05) is 31.2 Å². The van der Waals surface area contributed by atoms with E-state index < -0.39 is 0 Å². The number of benzene rings is 2. The van der Waals surface area contributed by atoms with Crippen molar-refractivity contribution in [2.45, 2.75) is 19.4 Å². The van der Waals surface area contributed by atoms with Gasteiger partial charge in [0, 0.05) is 0 Å². The van der Waals surface area contributed by atoms with Gasteiger partial charge in [0.1, 0.15) is 0 Å². The van der Waals surface area contributed by atoms with Crippen LogP contribution in [0.2, 0.25) is 0 Å². The van der Waals surface area contributed by atoms with Crippen LogP contribution < -0.4 is 0 Å². The normalized spacial score (nSPS) is 32.0. The third kappa shape index (κ3) is 1.67. The molecule has 5 rings (SSSR count). The van der Waals surface area contributed by atoms with Crippen LogP contribution in [0.3, 0.4) is 0 Å². The minimum absolute atomic E-state index is 0.0299. The van der Waals surface area contributed by atoms with Crippen molar-refractivity contribution in [2.24, 2.45) is 23.7 Å². The highest BCUT2D eigenvalue weighted by molar-refractivity contribution is 6.07. The average molecular weight is 317 g/mol. The summed E-state index contributed by atoms with van der Waals surface area (Å²) in [4.78, 5) is 27.6. The van der Waals surface area contributed by atoms with Gasteiger partial charge >= 0.3 is 0 Å². The molecular weight excluding hydrogens is 298 g/mol. The molecule has 1 heterocycles. The molecule has 2 bridgehead atoms. The van der Waals surface area contributed by atoms with Crippen molar-refractivity contribution < 1.29 is 9.59 Å². The second-order valence-electron chi connectivity index (χ2n) is 7.29. The van der Waals surface area contributed by atoms with E-state index in [1.165, 1.54) is 0 Å². The Bertz CT molecular complexity index is 864. The first-order valence-electron chi connectivity index (χ1n) is 8.69. The van der Waals surface area contributed by atoms with Crippen molar-refractivity contribution in [1.82, 2.24) is 4.90 Å². The van der Waals surface area contributed by atoms with Crippen LogP contribution in [0.15, 0.2) is 54.6 Å². The number of likely N-dealkylation sites (tertiary alicyclic amines) is 1. The maximum absolute atomic E-state index is 13.0. The van der Waals surface area contributed by atoms with Gasteiger partial charge in [0.15, 0.2) is 0 Å². The number of allylic oxidation sites excluding steroid dienone is 2. The molecule has 1 saturated heterocycles. The Morgan fingerprint density at radius 3 is 2.25 bits per heavy atom. The lowest BCUT2D eigenvalue weighted by Crippen LogP contribution is -2.35. The maximum Gasteiger partial charge on any atom is 0.234 e. The first-order valence-corrected chi connectivity index (χ1v) is 8.69. The molecule has 3 nitrogen and oxygen atoms in total. The molecule has 5 atom stereocenters. The largest absolute Gasteiger partial charge is 0.275 e. The summed E-state index contributed by atoms with van der Waals surface area (Å²) in [6.45, 7) is 1.98. The van der Waals surface area contributed by atoms with E-state index in [0.29, 0.717) is 0 Å². The fourth-order valence-electron chi connectivity index (χ4n) is 5.06. The van der Waals surface area contributed by atoms with Crippen LogP contribution in [-0.2, 0) is 9.59 Å². The van der Waals surface area contributed by atoms with E-state index in [2.05, 4.69) is 30.4 Å². The molecule has 120 valence electrons. The second kappa shape index (κ2) is 4.79. The Kier molecular flexibility index (Phi) is 2.79. The molecule has 2 aromatic rings. The number of carbonyl (C=O) groups is 2. The van der Waals surface area contributed by atoms with Gasteiger partial charge < -0.3 is 0 Å². The Hall–Kier alpha value is -2.42. The summed E-state index contributed by atoms with van der Waals surface area (Å²) < 4.78 is 0. The monoisotopic (exact) mass is 317 g/mol. The molecule has 2 aromatic carbocycles. The molecule has 0 aromatic heterocycles. The summed E-state index contributed by atoms with van der Waals surface area (Å²) in [6.07, 6.45) is 5.26. The zero-order valence-electron chi connectivity index (χ0n) is 13.6. The molecule has 0 spiro atoms. The maximum atomic E-state index is 13.0. The molecule has 2 aliphatic carbocycles. The number of hydrogen-bond acceptors (Lipinski definition) is 2. The summed E-state index contributed by atoms with van der Waals surface area (Å²) in [6, 6.07) is 14.0. The molecule has 3 aliphatic rings. The molecule has 2 fully saturated rings. The van der Waals surface area contributed by atoms with Crippen molar-refractivity contribution in [2.75, 3.05) is 0 Å². The van der Waals surface area contributed by atoms with Gasteiger partial charge in [-0.05, 0) is 41.5 Å². The van der Waals surface area contributed by atoms with E-state index in [0.717, 1.165) is 22.8 Å². The van der Waals surface area contributed by atoms with Crippen LogP contribution in [0.4, 0.5) is 0 Å². The molecule has 0 unspecified atom stereocenters. The standard InChI is InChI=1S/C21H19NO2/c1-12(16-8-4-6-13-5-2-3-7-17(13)16)22-20(23)18-14-9-10-15(11-14)19(18)21(22)24/h2-10,12,14-15,18-19H,11H2,1H3/t12-,14-,15+,18-,19+/m0/s1.